The zero-order chi connectivity index (χ0) is 18.6. The Kier molecular flexibility index (Phi) is 5.57. The third-order valence-electron chi connectivity index (χ3n) is 5.42. The first-order valence-electron chi connectivity index (χ1n) is 9.65. The van der Waals surface area contributed by atoms with Gasteiger partial charge in [-0.05, 0) is 68.5 Å². The van der Waals surface area contributed by atoms with Gasteiger partial charge in [-0.25, -0.2) is 4.98 Å². The number of hydrogen-bond donors (Lipinski definition) is 1. The van der Waals surface area contributed by atoms with Crippen molar-refractivity contribution in [2.45, 2.75) is 49.6 Å². The average molecular weight is 384 g/mol. The van der Waals surface area contributed by atoms with Gasteiger partial charge >= 0.3 is 0 Å². The van der Waals surface area contributed by atoms with E-state index in [1.807, 2.05) is 18.4 Å². The zero-order valence-corrected chi connectivity index (χ0v) is 16.5. The lowest BCUT2D eigenvalue weighted by atomic mass is 9.96. The lowest BCUT2D eigenvalue weighted by molar-refractivity contribution is 0.0927. The van der Waals surface area contributed by atoms with Crippen molar-refractivity contribution in [3.8, 4) is 0 Å². The fraction of sp³-hybridized carbons (Fsp3) is 0.500. The fourth-order valence-electron chi connectivity index (χ4n) is 3.88. The van der Waals surface area contributed by atoms with Gasteiger partial charge in [-0.1, -0.05) is 0 Å². The summed E-state index contributed by atoms with van der Waals surface area (Å²) in [5.41, 5.74) is 3.20. The summed E-state index contributed by atoms with van der Waals surface area (Å²) in [5, 5.41) is 12.9. The van der Waals surface area contributed by atoms with E-state index in [0.717, 1.165) is 49.6 Å². The van der Waals surface area contributed by atoms with Crippen LogP contribution in [0.2, 0.25) is 0 Å². The van der Waals surface area contributed by atoms with Crippen LogP contribution in [0.4, 0.5) is 5.82 Å². The molecule has 2 aromatic heterocycles. The number of aryl methyl sites for hydroxylation is 2. The van der Waals surface area contributed by atoms with E-state index < -0.39 is 0 Å². The molecule has 1 saturated heterocycles. The summed E-state index contributed by atoms with van der Waals surface area (Å²) < 4.78 is 0. The number of carbonyl (C=O) groups excluding carboxylic acids is 1. The molecule has 7 heteroatoms. The Morgan fingerprint density at radius 2 is 2.04 bits per heavy atom. The third kappa shape index (κ3) is 4.08. The predicted molar refractivity (Wildman–Crippen MR) is 107 cm³/mol. The molecule has 1 aliphatic heterocycles. The molecule has 6 nitrogen and oxygen atoms in total. The number of hydrogen-bond acceptors (Lipinski definition) is 6. The smallest absolute Gasteiger partial charge is 0.254 e. The first-order valence-corrected chi connectivity index (χ1v) is 10.9. The van der Waals surface area contributed by atoms with E-state index >= 15 is 0 Å². The summed E-state index contributed by atoms with van der Waals surface area (Å²) in [7, 11) is 0. The first kappa shape index (κ1) is 18.2. The highest BCUT2D eigenvalue weighted by atomic mass is 32.2. The van der Waals surface area contributed by atoms with Crippen molar-refractivity contribution < 1.29 is 4.79 Å². The maximum atomic E-state index is 12.6. The SMILES string of the molecule is CSc1ncccc1C(=O)NC1CCN(c2cc3c(nn2)CCCC3)CC1. The largest absolute Gasteiger partial charge is 0.355 e. The Balaban J connectivity index is 1.36. The minimum Gasteiger partial charge on any atom is -0.355 e. The van der Waals surface area contributed by atoms with Gasteiger partial charge in [0.1, 0.15) is 5.03 Å². The third-order valence-corrected chi connectivity index (χ3v) is 6.13. The van der Waals surface area contributed by atoms with Crippen LogP contribution < -0.4 is 10.2 Å². The van der Waals surface area contributed by atoms with Gasteiger partial charge in [0.25, 0.3) is 5.91 Å². The molecule has 1 N–H and O–H groups in total. The lowest BCUT2D eigenvalue weighted by Crippen LogP contribution is -2.45. The summed E-state index contributed by atoms with van der Waals surface area (Å²) in [6.07, 6.45) is 10.1. The standard InChI is InChI=1S/C20H25N5OS/c1-27-20-16(6-4-10-21-20)19(26)22-15-8-11-25(12-9-15)18-13-14-5-2-3-7-17(14)23-24-18/h4,6,10,13,15H,2-3,5,7-9,11-12H2,1H3,(H,22,26). The van der Waals surface area contributed by atoms with E-state index in [9.17, 15) is 4.79 Å². The maximum absolute atomic E-state index is 12.6. The van der Waals surface area contributed by atoms with E-state index in [1.165, 1.54) is 35.9 Å². The number of nitrogens with one attached hydrogen (secondary N) is 1. The van der Waals surface area contributed by atoms with Gasteiger partial charge in [-0.15, -0.1) is 16.9 Å². The van der Waals surface area contributed by atoms with E-state index in [-0.39, 0.29) is 11.9 Å². The molecular weight excluding hydrogens is 358 g/mol. The Labute approximate surface area is 164 Å². The van der Waals surface area contributed by atoms with Gasteiger partial charge in [-0.3, -0.25) is 4.79 Å². The number of nitrogens with zero attached hydrogens (tertiary/aromatic N) is 4. The minimum atomic E-state index is -0.0283. The van der Waals surface area contributed by atoms with Crippen LogP contribution in [0.3, 0.4) is 0 Å². The van der Waals surface area contributed by atoms with Gasteiger partial charge < -0.3 is 10.2 Å². The van der Waals surface area contributed by atoms with Gasteiger partial charge in [0.15, 0.2) is 5.82 Å². The second-order valence-electron chi connectivity index (χ2n) is 7.18. The Morgan fingerprint density at radius 1 is 1.22 bits per heavy atom. The van der Waals surface area contributed by atoms with Crippen molar-refractivity contribution in [2.75, 3.05) is 24.2 Å². The van der Waals surface area contributed by atoms with Crippen LogP contribution >= 0.6 is 11.8 Å². The van der Waals surface area contributed by atoms with Crippen LogP contribution in [-0.2, 0) is 12.8 Å². The highest BCUT2D eigenvalue weighted by molar-refractivity contribution is 7.98. The molecule has 2 aromatic rings. The number of thioether (sulfide) groups is 1. The first-order chi connectivity index (χ1) is 13.2. The van der Waals surface area contributed by atoms with Crippen LogP contribution in [0.15, 0.2) is 29.4 Å². The number of piperidine rings is 1. The van der Waals surface area contributed by atoms with Gasteiger partial charge in [0, 0.05) is 25.3 Å². The molecule has 1 aliphatic carbocycles. The van der Waals surface area contributed by atoms with E-state index in [4.69, 9.17) is 0 Å². The molecule has 1 fully saturated rings. The summed E-state index contributed by atoms with van der Waals surface area (Å²) in [6.45, 7) is 1.78. The molecule has 0 spiro atoms. The second kappa shape index (κ2) is 8.25. The number of anilines is 1. The number of amides is 1. The van der Waals surface area contributed by atoms with Crippen LogP contribution in [0.1, 0.15) is 47.3 Å². The Bertz CT molecular complexity index is 820. The molecule has 0 atom stereocenters. The van der Waals surface area contributed by atoms with Crippen molar-refractivity contribution in [1.82, 2.24) is 20.5 Å². The van der Waals surface area contributed by atoms with E-state index in [0.29, 0.717) is 5.56 Å². The minimum absolute atomic E-state index is 0.0283. The number of rotatable bonds is 4. The summed E-state index contributed by atoms with van der Waals surface area (Å²) in [6, 6.07) is 6.06. The van der Waals surface area contributed by atoms with Crippen LogP contribution in [0.25, 0.3) is 0 Å². The summed E-state index contributed by atoms with van der Waals surface area (Å²) >= 11 is 1.50. The Hall–Kier alpha value is -2.15. The molecule has 2 aliphatic rings. The van der Waals surface area contributed by atoms with Crippen LogP contribution in [-0.4, -0.2) is 46.5 Å². The molecule has 0 radical (unpaired) electrons. The molecular formula is C20H25N5OS. The van der Waals surface area contributed by atoms with Crippen molar-refractivity contribution in [2.24, 2.45) is 0 Å². The number of fused-ring (bicyclic) bond motifs is 1. The molecule has 0 saturated carbocycles. The monoisotopic (exact) mass is 383 g/mol. The van der Waals surface area contributed by atoms with Crippen molar-refractivity contribution >= 4 is 23.5 Å². The van der Waals surface area contributed by atoms with Crippen LogP contribution in [0.5, 0.6) is 0 Å². The van der Waals surface area contributed by atoms with Gasteiger partial charge in [0.05, 0.1) is 11.3 Å². The number of carbonyl (C=O) groups is 1. The Morgan fingerprint density at radius 3 is 2.85 bits per heavy atom. The van der Waals surface area contributed by atoms with E-state index in [1.54, 1.807) is 6.20 Å². The number of aromatic nitrogens is 3. The van der Waals surface area contributed by atoms with Gasteiger partial charge in [-0.2, -0.15) is 5.10 Å². The van der Waals surface area contributed by atoms with Crippen molar-refractivity contribution in [3.05, 3.63) is 41.2 Å². The maximum Gasteiger partial charge on any atom is 0.254 e. The number of pyridine rings is 1. The summed E-state index contributed by atoms with van der Waals surface area (Å²) in [4.78, 5) is 19.2. The summed E-state index contributed by atoms with van der Waals surface area (Å²) in [5.74, 6) is 0.955. The highest BCUT2D eigenvalue weighted by Gasteiger charge is 2.24. The van der Waals surface area contributed by atoms with Crippen LogP contribution in [0, 0.1) is 0 Å². The molecule has 0 bridgehead atoms. The van der Waals surface area contributed by atoms with E-state index in [2.05, 4.69) is 31.5 Å². The molecule has 0 aromatic carbocycles. The second-order valence-corrected chi connectivity index (χ2v) is 7.97. The molecule has 1 amide bonds. The van der Waals surface area contributed by atoms with Crippen molar-refractivity contribution in [3.63, 3.8) is 0 Å². The molecule has 4 rings (SSSR count). The molecule has 0 unspecified atom stereocenters. The quantitative estimate of drug-likeness (QED) is 0.819. The molecule has 142 valence electrons. The fourth-order valence-corrected chi connectivity index (χ4v) is 4.42. The molecule has 3 heterocycles. The normalized spacial score (nSPS) is 17.4. The topological polar surface area (TPSA) is 71.0 Å². The zero-order valence-electron chi connectivity index (χ0n) is 15.6. The predicted octanol–water partition coefficient (Wildman–Crippen LogP) is 2.87. The van der Waals surface area contributed by atoms with Crippen molar-refractivity contribution in [1.29, 1.82) is 0 Å². The lowest BCUT2D eigenvalue weighted by Gasteiger charge is -2.33. The highest BCUT2D eigenvalue weighted by Crippen LogP contribution is 2.24. The molecule has 27 heavy (non-hydrogen) atoms. The van der Waals surface area contributed by atoms with Gasteiger partial charge in [0.2, 0.25) is 0 Å². The average Bonchev–Trinajstić information content (AvgIpc) is 2.74.